The van der Waals surface area contributed by atoms with Gasteiger partial charge in [0.05, 0.1) is 24.1 Å². The van der Waals surface area contributed by atoms with Crippen LogP contribution in [-0.2, 0) is 33.2 Å². The van der Waals surface area contributed by atoms with Crippen LogP contribution in [0.5, 0.6) is 0 Å². The van der Waals surface area contributed by atoms with Gasteiger partial charge in [0, 0.05) is 56.1 Å². The second kappa shape index (κ2) is 18.8. The number of carbonyl (C=O) groups excluding carboxylic acids is 2. The predicted molar refractivity (Wildman–Crippen MR) is 193 cm³/mol. The van der Waals surface area contributed by atoms with Crippen molar-refractivity contribution in [2.75, 3.05) is 44.6 Å². The maximum Gasteiger partial charge on any atom is 0.416 e. The summed E-state index contributed by atoms with van der Waals surface area (Å²) < 4.78 is 81.4. The quantitative estimate of drug-likeness (QED) is 0.189. The van der Waals surface area contributed by atoms with Gasteiger partial charge in [-0.3, -0.25) is 24.2 Å². The number of aryl methyl sites for hydroxylation is 2. The molecular weight excluding hydrogens is 750 g/mol. The van der Waals surface area contributed by atoms with Crippen molar-refractivity contribution in [2.45, 2.75) is 70.1 Å². The molecule has 3 aromatic rings. The van der Waals surface area contributed by atoms with E-state index in [1.54, 1.807) is 0 Å². The first-order valence-electron chi connectivity index (χ1n) is 17.8. The van der Waals surface area contributed by atoms with Crippen molar-refractivity contribution < 1.29 is 60.8 Å². The van der Waals surface area contributed by atoms with Gasteiger partial charge >= 0.3 is 24.3 Å². The first-order valence-corrected chi connectivity index (χ1v) is 17.8. The first kappa shape index (κ1) is 43.7. The van der Waals surface area contributed by atoms with Crippen molar-refractivity contribution in [3.8, 4) is 0 Å². The summed E-state index contributed by atoms with van der Waals surface area (Å²) in [5, 5.41) is 27.2. The maximum absolute atomic E-state index is 13.7. The van der Waals surface area contributed by atoms with E-state index in [-0.39, 0.29) is 31.1 Å². The Morgan fingerprint density at radius 1 is 0.804 bits per heavy atom. The van der Waals surface area contributed by atoms with Gasteiger partial charge in [0.2, 0.25) is 5.91 Å². The molecule has 2 saturated heterocycles. The molecule has 3 atom stereocenters. The minimum Gasteiger partial charge on any atom is -0.481 e. The molecule has 56 heavy (non-hydrogen) atoms. The van der Waals surface area contributed by atoms with Gasteiger partial charge in [0.1, 0.15) is 0 Å². The van der Waals surface area contributed by atoms with E-state index in [1.165, 1.54) is 4.90 Å². The summed E-state index contributed by atoms with van der Waals surface area (Å²) in [6.45, 7) is 7.04. The highest BCUT2D eigenvalue weighted by atomic mass is 19.4. The largest absolute Gasteiger partial charge is 0.481 e. The summed E-state index contributed by atoms with van der Waals surface area (Å²) in [4.78, 5) is 51.8. The molecule has 0 aliphatic carbocycles. The van der Waals surface area contributed by atoms with E-state index < -0.39 is 65.5 Å². The second-order valence-corrected chi connectivity index (χ2v) is 13.9. The fraction of sp³-hybridized carbons (Fsp3) is 0.436. The maximum atomic E-state index is 13.7. The molecule has 304 valence electrons. The van der Waals surface area contributed by atoms with Crippen molar-refractivity contribution in [3.05, 3.63) is 100 Å². The minimum atomic E-state index is -5.05. The Morgan fingerprint density at radius 2 is 1.38 bits per heavy atom. The molecule has 2 aliphatic rings. The van der Waals surface area contributed by atoms with Gasteiger partial charge in [-0.25, -0.2) is 4.79 Å². The number of carboxylic acids is 2. The van der Waals surface area contributed by atoms with Crippen LogP contribution in [0.15, 0.2) is 66.7 Å². The molecule has 0 aromatic heterocycles. The van der Waals surface area contributed by atoms with Crippen molar-refractivity contribution in [1.82, 2.24) is 14.7 Å². The van der Waals surface area contributed by atoms with Gasteiger partial charge in [0.15, 0.2) is 6.10 Å². The zero-order valence-electron chi connectivity index (χ0n) is 30.7. The number of nitrogens with zero attached hydrogens (tertiary/aromatic N) is 3. The number of carbonyl (C=O) groups is 4. The number of aliphatic carboxylic acids is 2. The molecule has 0 spiro atoms. The number of halogens is 6. The minimum absolute atomic E-state index is 0.0392. The average molecular weight is 795 g/mol. The number of hydrogen-bond donors (Lipinski definition) is 4. The number of aliphatic hydroxyl groups is 1. The summed E-state index contributed by atoms with van der Waals surface area (Å²) >= 11 is 0. The third-order valence-electron chi connectivity index (χ3n) is 9.79. The third-order valence-corrected chi connectivity index (χ3v) is 9.79. The van der Waals surface area contributed by atoms with Crippen molar-refractivity contribution in [1.29, 1.82) is 0 Å². The number of likely N-dealkylation sites (tertiary alicyclic amines) is 1. The lowest BCUT2D eigenvalue weighted by molar-refractivity contribution is -0.152. The lowest BCUT2D eigenvalue weighted by Crippen LogP contribution is -2.57. The Bertz CT molecular complexity index is 1800. The Morgan fingerprint density at radius 3 is 1.88 bits per heavy atom. The molecule has 0 radical (unpaired) electrons. The second-order valence-electron chi connectivity index (χ2n) is 13.9. The van der Waals surface area contributed by atoms with E-state index in [1.807, 2.05) is 62.4 Å². The van der Waals surface area contributed by atoms with Crippen LogP contribution >= 0.6 is 0 Å². The number of nitrogens with one attached hydrogen (secondary N) is 1. The molecule has 2 amide bonds. The zero-order chi connectivity index (χ0) is 41.4. The topological polar surface area (TPSA) is 151 Å². The summed E-state index contributed by atoms with van der Waals surface area (Å²) in [6, 6.07) is 15.9. The number of aliphatic hydroxyl groups excluding tert-OH is 1. The number of rotatable bonds is 10. The highest BCUT2D eigenvalue weighted by Gasteiger charge is 2.40. The van der Waals surface area contributed by atoms with E-state index in [9.17, 15) is 45.5 Å². The monoisotopic (exact) mass is 794 g/mol. The molecule has 0 bridgehead atoms. The number of piperazine rings is 1. The van der Waals surface area contributed by atoms with Crippen LogP contribution in [0.2, 0.25) is 0 Å². The molecule has 17 heteroatoms. The number of alkyl halides is 6. The molecule has 2 aliphatic heterocycles. The van der Waals surface area contributed by atoms with Crippen LogP contribution in [0.25, 0.3) is 0 Å². The number of carboxylic acid groups (broad SMARTS) is 2. The van der Waals surface area contributed by atoms with E-state index in [0.717, 1.165) is 22.4 Å². The van der Waals surface area contributed by atoms with E-state index >= 15 is 0 Å². The Hall–Kier alpha value is -5.00. The zero-order valence-corrected chi connectivity index (χ0v) is 30.7. The fourth-order valence-electron chi connectivity index (χ4n) is 6.89. The number of para-hydroxylation sites is 1. The average Bonchev–Trinajstić information content (AvgIpc) is 3.13. The van der Waals surface area contributed by atoms with Crippen molar-refractivity contribution in [3.63, 3.8) is 0 Å². The lowest BCUT2D eigenvalue weighted by Gasteiger charge is -2.46. The van der Waals surface area contributed by atoms with E-state index in [4.69, 9.17) is 15.3 Å². The number of benzene rings is 3. The molecule has 0 saturated carbocycles. The van der Waals surface area contributed by atoms with Crippen molar-refractivity contribution in [2.24, 2.45) is 0 Å². The summed E-state index contributed by atoms with van der Waals surface area (Å²) in [5.41, 5.74) is 0.0733. The summed E-state index contributed by atoms with van der Waals surface area (Å²) in [5.74, 6) is -3.78. The number of hydrogen-bond acceptors (Lipinski definition) is 7. The van der Waals surface area contributed by atoms with Crippen LogP contribution in [0.1, 0.15) is 57.4 Å². The Labute approximate surface area is 319 Å². The fourth-order valence-corrected chi connectivity index (χ4v) is 6.89. The molecule has 11 nitrogen and oxygen atoms in total. The normalized spacial score (nSPS) is 18.7. The standard InChI is InChI=1S/C35H38F6N4O2.C4H6O5/c1-23-7-6-8-24(2)32(23)42-31(46)22-43-13-15-44(16-14-43)29-11-12-45(30(21-29)17-25-9-4-3-5-10-25)33(47)26-18-27(34(36,37)38)20-28(19-26)35(39,40)41;5-2(4(8)9)1-3(6)7/h3-10,18-20,29-30H,11-17,21-22H2,1-2H3,(H,42,46);2,5H,1H2,(H,6,7)(H,8,9)/t29-,30+;2-/m00/s1. The SMILES string of the molecule is Cc1cccc(C)c1NC(=O)CN1CCN([C@H]2CCN(C(=O)c3cc(C(F)(F)F)cc(C(F)(F)F)c3)[C@H](Cc3ccccc3)C2)CC1.O=C(O)C[C@H](O)C(=O)O. The van der Waals surface area contributed by atoms with E-state index in [0.29, 0.717) is 57.6 Å². The number of anilines is 1. The summed E-state index contributed by atoms with van der Waals surface area (Å²) in [6.07, 6.45) is -11.2. The number of piperidine rings is 1. The van der Waals surface area contributed by atoms with Crippen LogP contribution in [0.3, 0.4) is 0 Å². The Kier molecular flexibility index (Phi) is 14.6. The highest BCUT2D eigenvalue weighted by molar-refractivity contribution is 5.95. The van der Waals surface area contributed by atoms with Gasteiger partial charge in [0.25, 0.3) is 5.91 Å². The van der Waals surface area contributed by atoms with E-state index in [2.05, 4.69) is 15.1 Å². The van der Waals surface area contributed by atoms with Gasteiger partial charge in [-0.15, -0.1) is 0 Å². The van der Waals surface area contributed by atoms with Gasteiger partial charge < -0.3 is 25.5 Å². The van der Waals surface area contributed by atoms with Crippen LogP contribution in [-0.4, -0.2) is 111 Å². The molecule has 0 unspecified atom stereocenters. The highest BCUT2D eigenvalue weighted by Crippen LogP contribution is 2.37. The third kappa shape index (κ3) is 12.2. The molecular formula is C39H44F6N4O7. The summed E-state index contributed by atoms with van der Waals surface area (Å²) in [7, 11) is 0. The molecule has 5 rings (SSSR count). The lowest BCUT2D eigenvalue weighted by atomic mass is 9.90. The number of amides is 2. The molecule has 4 N–H and O–H groups in total. The molecule has 3 aromatic carbocycles. The smallest absolute Gasteiger partial charge is 0.416 e. The van der Waals surface area contributed by atoms with Crippen LogP contribution in [0, 0.1) is 13.8 Å². The first-order chi connectivity index (χ1) is 26.2. The predicted octanol–water partition coefficient (Wildman–Crippen LogP) is 5.72. The Balaban J connectivity index is 0.000000689. The van der Waals surface area contributed by atoms with Crippen LogP contribution < -0.4 is 5.32 Å². The van der Waals surface area contributed by atoms with Gasteiger partial charge in [-0.1, -0.05) is 48.5 Å². The van der Waals surface area contributed by atoms with Gasteiger partial charge in [-0.2, -0.15) is 26.3 Å². The van der Waals surface area contributed by atoms with Gasteiger partial charge in [-0.05, 0) is 68.0 Å². The molecule has 2 heterocycles. The van der Waals surface area contributed by atoms with Crippen LogP contribution in [0.4, 0.5) is 32.0 Å². The van der Waals surface area contributed by atoms with Crippen molar-refractivity contribution >= 4 is 29.4 Å². The molecule has 2 fully saturated rings.